The molecule has 4 aromatic carbocycles. The molecular formula is C32H21N4OPt-. The van der Waals surface area contributed by atoms with Gasteiger partial charge in [0.15, 0.2) is 0 Å². The molecule has 0 amide bonds. The predicted molar refractivity (Wildman–Crippen MR) is 145 cm³/mol. The molecule has 38 heavy (non-hydrogen) atoms. The Bertz CT molecular complexity index is 1820. The minimum atomic E-state index is 0. The number of rotatable bonds is 4. The van der Waals surface area contributed by atoms with E-state index in [0.29, 0.717) is 22.6 Å². The van der Waals surface area contributed by atoms with Gasteiger partial charge in [0.25, 0.3) is 0 Å². The molecule has 0 aliphatic heterocycles. The molecular weight excluding hydrogens is 651 g/mol. The van der Waals surface area contributed by atoms with E-state index in [1.165, 1.54) is 0 Å². The third kappa shape index (κ3) is 4.40. The van der Waals surface area contributed by atoms with E-state index in [-0.39, 0.29) is 26.8 Å². The van der Waals surface area contributed by atoms with Gasteiger partial charge in [0.2, 0.25) is 0 Å². The van der Waals surface area contributed by atoms with E-state index in [1.54, 1.807) is 24.4 Å². The van der Waals surface area contributed by atoms with Gasteiger partial charge in [0.05, 0.1) is 22.7 Å². The minimum absolute atomic E-state index is 0. The van der Waals surface area contributed by atoms with Crippen LogP contribution in [0.1, 0.15) is 5.56 Å². The summed E-state index contributed by atoms with van der Waals surface area (Å²) in [6, 6.07) is 36.7. The maximum absolute atomic E-state index is 10.8. The number of benzene rings is 4. The van der Waals surface area contributed by atoms with E-state index >= 15 is 0 Å². The molecule has 0 unspecified atom stereocenters. The van der Waals surface area contributed by atoms with Crippen LogP contribution < -0.4 is 0 Å². The van der Waals surface area contributed by atoms with Gasteiger partial charge in [0, 0.05) is 45.6 Å². The second-order valence-corrected chi connectivity index (χ2v) is 8.76. The van der Waals surface area contributed by atoms with Crippen molar-refractivity contribution in [1.29, 1.82) is 5.26 Å². The van der Waals surface area contributed by atoms with Gasteiger partial charge in [-0.25, -0.2) is 4.98 Å². The molecule has 0 bridgehead atoms. The number of para-hydroxylation sites is 1. The molecule has 0 saturated carbocycles. The number of nitriles is 1. The third-order valence-corrected chi connectivity index (χ3v) is 6.52. The Hall–Kier alpha value is -4.52. The molecule has 0 atom stereocenters. The van der Waals surface area contributed by atoms with E-state index in [1.807, 2.05) is 90.5 Å². The third-order valence-electron chi connectivity index (χ3n) is 6.52. The maximum Gasteiger partial charge on any atom is 0.143 e. The zero-order valence-corrected chi connectivity index (χ0v) is 22.6. The molecule has 0 aliphatic rings. The Labute approximate surface area is 235 Å². The first-order valence-electron chi connectivity index (χ1n) is 11.9. The number of hydrogen-bond donors (Lipinski definition) is 1. The molecule has 0 aliphatic carbocycles. The summed E-state index contributed by atoms with van der Waals surface area (Å²) in [7, 11) is 1.95. The van der Waals surface area contributed by atoms with Crippen LogP contribution in [0, 0.1) is 17.4 Å². The fourth-order valence-electron chi connectivity index (χ4n) is 4.67. The van der Waals surface area contributed by atoms with Gasteiger partial charge >= 0.3 is 0 Å². The summed E-state index contributed by atoms with van der Waals surface area (Å²) < 4.78 is 2.00. The molecule has 2 aromatic heterocycles. The average Bonchev–Trinajstić information content (AvgIpc) is 3.30. The van der Waals surface area contributed by atoms with Gasteiger partial charge in [0.1, 0.15) is 11.6 Å². The fraction of sp³-hybridized carbons (Fsp3) is 0.0312. The first-order valence-corrected chi connectivity index (χ1v) is 11.9. The summed E-state index contributed by atoms with van der Waals surface area (Å²) in [5.41, 5.74) is 8.09. The van der Waals surface area contributed by atoms with Gasteiger partial charge < -0.3 is 9.67 Å². The molecule has 1 N–H and O–H groups in total. The summed E-state index contributed by atoms with van der Waals surface area (Å²) in [5, 5.41) is 20.3. The molecule has 0 saturated heterocycles. The summed E-state index contributed by atoms with van der Waals surface area (Å²) in [6.45, 7) is 0. The zero-order chi connectivity index (χ0) is 25.4. The summed E-state index contributed by atoms with van der Waals surface area (Å²) >= 11 is 0. The van der Waals surface area contributed by atoms with Gasteiger partial charge in [-0.3, -0.25) is 4.98 Å². The number of imidazole rings is 1. The van der Waals surface area contributed by atoms with Crippen molar-refractivity contribution in [2.24, 2.45) is 7.05 Å². The van der Waals surface area contributed by atoms with Crippen molar-refractivity contribution in [2.45, 2.75) is 0 Å². The van der Waals surface area contributed by atoms with E-state index in [2.05, 4.69) is 17.1 Å². The number of hydrogen-bond acceptors (Lipinski definition) is 4. The molecule has 6 heteroatoms. The van der Waals surface area contributed by atoms with E-state index in [0.717, 1.165) is 38.9 Å². The summed E-state index contributed by atoms with van der Waals surface area (Å²) in [4.78, 5) is 9.42. The normalized spacial score (nSPS) is 10.6. The van der Waals surface area contributed by atoms with Gasteiger partial charge in [-0.15, -0.1) is 29.8 Å². The quantitative estimate of drug-likeness (QED) is 0.205. The number of aryl methyl sites for hydroxylation is 1. The van der Waals surface area contributed by atoms with Crippen LogP contribution >= 0.6 is 0 Å². The monoisotopic (exact) mass is 672 g/mol. The van der Waals surface area contributed by atoms with Crippen molar-refractivity contribution in [3.8, 4) is 56.7 Å². The first kappa shape index (κ1) is 25.1. The second-order valence-electron chi connectivity index (χ2n) is 8.76. The predicted octanol–water partition coefficient (Wildman–Crippen LogP) is 7.01. The Morgan fingerprint density at radius 3 is 2.42 bits per heavy atom. The van der Waals surface area contributed by atoms with Crippen LogP contribution in [0.3, 0.4) is 0 Å². The zero-order valence-electron chi connectivity index (χ0n) is 20.4. The van der Waals surface area contributed by atoms with E-state index < -0.39 is 0 Å². The number of phenols is 1. The maximum atomic E-state index is 10.8. The molecule has 0 radical (unpaired) electrons. The second kappa shape index (κ2) is 10.5. The fourth-order valence-corrected chi connectivity index (χ4v) is 4.67. The Balaban J connectivity index is 0.00000294. The van der Waals surface area contributed by atoms with Crippen molar-refractivity contribution in [2.75, 3.05) is 0 Å². The van der Waals surface area contributed by atoms with Crippen LogP contribution in [0.25, 0.3) is 55.9 Å². The molecule has 2 heterocycles. The number of phenolic OH excluding ortho intramolecular Hbond substituents is 1. The van der Waals surface area contributed by atoms with Crippen LogP contribution in [0.4, 0.5) is 0 Å². The SMILES string of the molecule is Cn1c(-c2cc(-c3ccccc3)ccc2O)nc2c(-c3[c-]c(-c4ncccc4C#N)ccc3)cccc21.[Pt]. The van der Waals surface area contributed by atoms with Crippen molar-refractivity contribution >= 4 is 11.0 Å². The Morgan fingerprint density at radius 2 is 1.61 bits per heavy atom. The van der Waals surface area contributed by atoms with E-state index in [4.69, 9.17) is 4.98 Å². The van der Waals surface area contributed by atoms with Crippen molar-refractivity contribution in [3.63, 3.8) is 0 Å². The molecule has 6 rings (SSSR count). The van der Waals surface area contributed by atoms with Crippen molar-refractivity contribution in [1.82, 2.24) is 14.5 Å². The summed E-state index contributed by atoms with van der Waals surface area (Å²) in [6.07, 6.45) is 1.68. The van der Waals surface area contributed by atoms with Crippen LogP contribution in [0.5, 0.6) is 5.75 Å². The topological polar surface area (TPSA) is 74.7 Å². The molecule has 0 fully saturated rings. The summed E-state index contributed by atoms with van der Waals surface area (Å²) in [5.74, 6) is 0.845. The molecule has 5 nitrogen and oxygen atoms in total. The standard InChI is InChI=1S/C32H21N4O.Pt/c1-36-28-14-6-13-26(23-10-5-11-24(18-23)30-25(20-33)12-7-17-34-30)31(28)35-32(36)27-19-22(15-16-29(27)37)21-8-3-2-4-9-21;/h2-17,19,37H,1H3;/q-1;. The number of pyridine rings is 1. The molecule has 0 spiro atoms. The number of fused-ring (bicyclic) bond motifs is 1. The van der Waals surface area contributed by atoms with Gasteiger partial charge in [-0.05, 0) is 41.5 Å². The van der Waals surface area contributed by atoms with Crippen molar-refractivity contribution in [3.05, 3.63) is 115 Å². The van der Waals surface area contributed by atoms with Crippen LogP contribution in [0.2, 0.25) is 0 Å². The van der Waals surface area contributed by atoms with Crippen LogP contribution in [0.15, 0.2) is 103 Å². The number of aromatic nitrogens is 3. The van der Waals surface area contributed by atoms with Gasteiger partial charge in [-0.1, -0.05) is 59.7 Å². The largest absolute Gasteiger partial charge is 0.507 e. The number of nitrogens with zero attached hydrogens (tertiary/aromatic N) is 4. The average molecular weight is 673 g/mol. The van der Waals surface area contributed by atoms with E-state index in [9.17, 15) is 10.4 Å². The molecule has 6 aromatic rings. The first-order chi connectivity index (χ1) is 18.1. The minimum Gasteiger partial charge on any atom is -0.507 e. The van der Waals surface area contributed by atoms with Crippen LogP contribution in [-0.4, -0.2) is 19.6 Å². The smallest absolute Gasteiger partial charge is 0.143 e. The Kier molecular flexibility index (Phi) is 6.92. The van der Waals surface area contributed by atoms with Crippen molar-refractivity contribution < 1.29 is 26.2 Å². The van der Waals surface area contributed by atoms with Gasteiger partial charge in [-0.2, -0.15) is 5.26 Å². The number of aromatic hydroxyl groups is 1. The molecule has 186 valence electrons. The Morgan fingerprint density at radius 1 is 0.816 bits per heavy atom. The van der Waals surface area contributed by atoms with Crippen LogP contribution in [-0.2, 0) is 28.1 Å².